The van der Waals surface area contributed by atoms with Crippen LogP contribution in [0.1, 0.15) is 37.5 Å². The van der Waals surface area contributed by atoms with Crippen LogP contribution in [0.15, 0.2) is 40.8 Å². The number of halogens is 6. The van der Waals surface area contributed by atoms with Crippen LogP contribution in [0, 0.1) is 11.6 Å². The average Bonchev–Trinajstić information content (AvgIpc) is 2.64. The molecule has 0 aromatic heterocycles. The van der Waals surface area contributed by atoms with Crippen molar-refractivity contribution in [3.8, 4) is 5.75 Å². The van der Waals surface area contributed by atoms with E-state index < -0.39 is 52.3 Å². The van der Waals surface area contributed by atoms with Gasteiger partial charge in [0.25, 0.3) is 0 Å². The Labute approximate surface area is 177 Å². The summed E-state index contributed by atoms with van der Waals surface area (Å²) in [5.41, 5.74) is -0.495. The molecule has 2 rings (SSSR count). The summed E-state index contributed by atoms with van der Waals surface area (Å²) in [6.45, 7) is 4.10. The Bertz CT molecular complexity index is 1000. The molecule has 0 saturated carbocycles. The molecule has 0 unspecified atom stereocenters. The highest BCUT2D eigenvalue weighted by molar-refractivity contribution is 7.85. The zero-order chi connectivity index (χ0) is 23.6. The lowest BCUT2D eigenvalue weighted by Gasteiger charge is -2.19. The Morgan fingerprint density at radius 2 is 1.74 bits per heavy atom. The summed E-state index contributed by atoms with van der Waals surface area (Å²) in [4.78, 5) is 0. The molecule has 0 saturated heterocycles. The summed E-state index contributed by atoms with van der Waals surface area (Å²) in [6, 6.07) is 5.48. The fraction of sp³-hybridized carbons (Fsp3) is 0.350. The molecule has 1 N–H and O–H groups in total. The Kier molecular flexibility index (Phi) is 7.53. The van der Waals surface area contributed by atoms with E-state index in [-0.39, 0.29) is 22.4 Å². The maximum atomic E-state index is 14.1. The van der Waals surface area contributed by atoms with E-state index in [2.05, 4.69) is 9.13 Å². The van der Waals surface area contributed by atoms with Gasteiger partial charge in [-0.3, -0.25) is 0 Å². The highest BCUT2D eigenvalue weighted by Gasteiger charge is 2.44. The largest absolute Gasteiger partial charge is 0.461 e. The number of hydrogen-bond donors (Lipinski definition) is 1. The minimum atomic E-state index is -4.88. The first kappa shape index (κ1) is 24.9. The summed E-state index contributed by atoms with van der Waals surface area (Å²) in [7, 11) is -1.92. The third-order valence-electron chi connectivity index (χ3n) is 3.84. The molecule has 0 aliphatic heterocycles. The SMILES string of the molecule is CC(C)(C)[S@@](=O)/N=C(/c1cc(F)cc(OC(F)(F)C(F)F)c1)c1ccc(F)c(CO)c1. The third-order valence-corrected chi connectivity index (χ3v) is 5.24. The molecule has 0 bridgehead atoms. The summed E-state index contributed by atoms with van der Waals surface area (Å²) in [5.74, 6) is -2.78. The van der Waals surface area contributed by atoms with Crippen molar-refractivity contribution in [3.63, 3.8) is 0 Å². The highest BCUT2D eigenvalue weighted by atomic mass is 32.2. The van der Waals surface area contributed by atoms with Gasteiger partial charge in [-0.25, -0.2) is 13.0 Å². The number of nitrogens with zero attached hydrogens (tertiary/aromatic N) is 1. The van der Waals surface area contributed by atoms with Gasteiger partial charge in [-0.05, 0) is 51.1 Å². The molecule has 0 radical (unpaired) electrons. The van der Waals surface area contributed by atoms with Crippen molar-refractivity contribution in [2.24, 2.45) is 4.40 Å². The standard InChI is InChI=1S/C20H19F6NO3S/c1-19(2,3)31(29)27-17(11-4-5-16(22)13(6-11)10-28)12-7-14(21)9-15(8-12)30-20(25,26)18(23)24/h4-9,18,28H,10H2,1-3H3/b27-17+/t31-/m1/s1. The van der Waals surface area contributed by atoms with Gasteiger partial charge >= 0.3 is 12.5 Å². The number of hydrogen-bond acceptors (Lipinski definition) is 3. The third kappa shape index (κ3) is 6.30. The van der Waals surface area contributed by atoms with Gasteiger partial charge in [0.05, 0.1) is 17.1 Å². The van der Waals surface area contributed by atoms with Crippen LogP contribution < -0.4 is 4.74 Å². The summed E-state index contributed by atoms with van der Waals surface area (Å²) >= 11 is 0. The predicted octanol–water partition coefficient (Wildman–Crippen LogP) is 4.99. The molecule has 0 spiro atoms. The van der Waals surface area contributed by atoms with Crippen molar-refractivity contribution >= 4 is 16.7 Å². The molecular weight excluding hydrogens is 448 g/mol. The van der Waals surface area contributed by atoms with Gasteiger partial charge in [-0.1, -0.05) is 0 Å². The molecule has 0 amide bonds. The lowest BCUT2D eigenvalue weighted by Crippen LogP contribution is -2.33. The first-order valence-corrected chi connectivity index (χ1v) is 9.91. The van der Waals surface area contributed by atoms with E-state index in [4.69, 9.17) is 0 Å². The minimum absolute atomic E-state index is 0.0835. The molecule has 170 valence electrons. The Balaban J connectivity index is 2.67. The maximum Gasteiger partial charge on any atom is 0.461 e. The molecule has 2 aromatic rings. The second-order valence-corrected chi connectivity index (χ2v) is 9.31. The zero-order valence-corrected chi connectivity index (χ0v) is 17.5. The molecule has 2 aromatic carbocycles. The van der Waals surface area contributed by atoms with E-state index in [1.54, 1.807) is 20.8 Å². The van der Waals surface area contributed by atoms with Gasteiger partial charge in [0.15, 0.2) is 0 Å². The van der Waals surface area contributed by atoms with Gasteiger partial charge in [0.1, 0.15) is 28.4 Å². The number of aliphatic hydroxyl groups is 1. The highest BCUT2D eigenvalue weighted by Crippen LogP contribution is 2.30. The van der Waals surface area contributed by atoms with E-state index in [9.17, 15) is 35.7 Å². The molecule has 4 nitrogen and oxygen atoms in total. The van der Waals surface area contributed by atoms with Crippen molar-refractivity contribution in [2.45, 2.75) is 44.7 Å². The van der Waals surface area contributed by atoms with Crippen molar-refractivity contribution in [2.75, 3.05) is 0 Å². The van der Waals surface area contributed by atoms with E-state index in [1.165, 1.54) is 6.07 Å². The summed E-state index contributed by atoms with van der Waals surface area (Å²) < 4.78 is 99.1. The molecule has 0 aliphatic rings. The van der Waals surface area contributed by atoms with Gasteiger partial charge in [-0.15, -0.1) is 0 Å². The number of ether oxygens (including phenoxy) is 1. The van der Waals surface area contributed by atoms with Crippen LogP contribution in [-0.2, 0) is 17.6 Å². The monoisotopic (exact) mass is 467 g/mol. The molecule has 0 aliphatic carbocycles. The first-order chi connectivity index (χ1) is 14.2. The van der Waals surface area contributed by atoms with Crippen LogP contribution in [0.25, 0.3) is 0 Å². The number of rotatable bonds is 7. The van der Waals surface area contributed by atoms with Gasteiger partial charge < -0.3 is 9.84 Å². The van der Waals surface area contributed by atoms with Gasteiger partial charge in [0, 0.05) is 22.8 Å². The number of aliphatic hydroxyl groups excluding tert-OH is 1. The van der Waals surface area contributed by atoms with Crippen LogP contribution in [0.3, 0.4) is 0 Å². The number of benzene rings is 2. The molecule has 0 heterocycles. The topological polar surface area (TPSA) is 58.9 Å². The van der Waals surface area contributed by atoms with E-state index in [0.29, 0.717) is 6.07 Å². The van der Waals surface area contributed by atoms with Crippen LogP contribution in [0.5, 0.6) is 5.75 Å². The smallest absolute Gasteiger partial charge is 0.428 e. The lowest BCUT2D eigenvalue weighted by molar-refractivity contribution is -0.253. The normalized spacial score (nSPS) is 14.1. The Morgan fingerprint density at radius 1 is 1.10 bits per heavy atom. The molecule has 31 heavy (non-hydrogen) atoms. The van der Waals surface area contributed by atoms with Crippen LogP contribution in [0.2, 0.25) is 0 Å². The molecule has 11 heteroatoms. The maximum absolute atomic E-state index is 14.1. The van der Waals surface area contributed by atoms with Crippen LogP contribution in [-0.4, -0.2) is 32.3 Å². The second kappa shape index (κ2) is 9.39. The first-order valence-electron chi connectivity index (χ1n) is 8.81. The Hall–Kier alpha value is -2.40. The van der Waals surface area contributed by atoms with Crippen LogP contribution in [0.4, 0.5) is 26.3 Å². The van der Waals surface area contributed by atoms with Crippen molar-refractivity contribution < 1.29 is 40.4 Å². The van der Waals surface area contributed by atoms with E-state index in [0.717, 1.165) is 24.3 Å². The predicted molar refractivity (Wildman–Crippen MR) is 104 cm³/mol. The van der Waals surface area contributed by atoms with E-state index >= 15 is 0 Å². The second-order valence-electron chi connectivity index (χ2n) is 7.41. The average molecular weight is 467 g/mol. The zero-order valence-electron chi connectivity index (χ0n) is 16.6. The van der Waals surface area contributed by atoms with Gasteiger partial charge in [0.2, 0.25) is 0 Å². The molecule has 0 fully saturated rings. The van der Waals surface area contributed by atoms with Gasteiger partial charge in [-0.2, -0.15) is 22.0 Å². The number of alkyl halides is 4. The van der Waals surface area contributed by atoms with Crippen molar-refractivity contribution in [1.82, 2.24) is 0 Å². The van der Waals surface area contributed by atoms with E-state index in [1.807, 2.05) is 0 Å². The summed E-state index contributed by atoms with van der Waals surface area (Å²) in [6.07, 6.45) is -9.04. The fourth-order valence-corrected chi connectivity index (χ4v) is 2.95. The summed E-state index contributed by atoms with van der Waals surface area (Å²) in [5, 5.41) is 9.30. The Morgan fingerprint density at radius 3 is 2.29 bits per heavy atom. The molecule has 1 atom stereocenters. The lowest BCUT2D eigenvalue weighted by atomic mass is 10.00. The quantitative estimate of drug-likeness (QED) is 0.461. The van der Waals surface area contributed by atoms with Crippen LogP contribution >= 0.6 is 0 Å². The van der Waals surface area contributed by atoms with Crippen molar-refractivity contribution in [3.05, 3.63) is 64.7 Å². The van der Waals surface area contributed by atoms with Crippen molar-refractivity contribution in [1.29, 1.82) is 0 Å². The minimum Gasteiger partial charge on any atom is -0.428 e. The fourth-order valence-electron chi connectivity index (χ4n) is 2.30. The molecular formula is C20H19F6NO3S.